The summed E-state index contributed by atoms with van der Waals surface area (Å²) in [5, 5.41) is 29.5. The van der Waals surface area contributed by atoms with Crippen LogP contribution >= 0.6 is 0 Å². The van der Waals surface area contributed by atoms with Crippen LogP contribution in [0.3, 0.4) is 0 Å². The Morgan fingerprint density at radius 2 is 1.81 bits per heavy atom. The highest BCUT2D eigenvalue weighted by molar-refractivity contribution is 7.89. The Kier molecular flexibility index (Phi) is 5.31. The number of hydrogen-bond donors (Lipinski definition) is 2. The normalized spacial score (nSPS) is 11.2. The van der Waals surface area contributed by atoms with Crippen LogP contribution in [-0.2, 0) is 10.0 Å². The van der Waals surface area contributed by atoms with Crippen LogP contribution < -0.4 is 19.9 Å². The molecule has 0 saturated heterocycles. The number of sulfonamides is 1. The molecule has 0 aliphatic rings. The highest BCUT2D eigenvalue weighted by Gasteiger charge is 2.19. The summed E-state index contributed by atoms with van der Waals surface area (Å²) in [5.74, 6) is 1.27. The minimum Gasteiger partial charge on any atom is -0.493 e. The van der Waals surface area contributed by atoms with Crippen LogP contribution in [0.15, 0.2) is 47.4 Å². The summed E-state index contributed by atoms with van der Waals surface area (Å²) in [6.07, 6.45) is 0. The fourth-order valence-corrected chi connectivity index (χ4v) is 3.55. The summed E-state index contributed by atoms with van der Waals surface area (Å²) >= 11 is 0. The number of fused-ring (bicyclic) bond motifs is 1. The third-order valence-electron chi connectivity index (χ3n) is 4.56. The first-order valence-electron chi connectivity index (χ1n) is 9.00. The van der Waals surface area contributed by atoms with Crippen molar-refractivity contribution in [1.82, 2.24) is 25.0 Å². The molecule has 0 unspecified atom stereocenters. The average Bonchev–Trinajstić information content (AvgIpc) is 3.28. The van der Waals surface area contributed by atoms with Crippen LogP contribution in [-0.4, -0.2) is 47.7 Å². The highest BCUT2D eigenvalue weighted by Crippen LogP contribution is 2.32. The summed E-state index contributed by atoms with van der Waals surface area (Å²) in [6.45, 7) is 0. The van der Waals surface area contributed by atoms with Crippen LogP contribution in [0.1, 0.15) is 5.56 Å². The van der Waals surface area contributed by atoms with Gasteiger partial charge in [0.25, 0.3) is 0 Å². The number of nitrogens with zero attached hydrogens (tertiary/aromatic N) is 6. The minimum absolute atomic E-state index is 0.0614. The number of nitrogens with one attached hydrogen (secondary N) is 1. The molecular formula is C19H16N8O4S. The first-order chi connectivity index (χ1) is 15.4. The number of aromatic nitrogens is 5. The number of anilines is 2. The minimum atomic E-state index is -3.86. The molecule has 0 aliphatic heterocycles. The SMILES string of the molecule is COc1ccc(Nc2nc(-c3ccc(S(N)(=O)=O)cc3)c(C#N)c3nnnn23)cc1OC. The van der Waals surface area contributed by atoms with Crippen LogP contribution in [0.5, 0.6) is 11.5 Å². The molecule has 4 aromatic rings. The lowest BCUT2D eigenvalue weighted by Gasteiger charge is -2.13. The highest BCUT2D eigenvalue weighted by atomic mass is 32.2. The van der Waals surface area contributed by atoms with Crippen molar-refractivity contribution < 1.29 is 17.9 Å². The van der Waals surface area contributed by atoms with Crippen LogP contribution in [0.25, 0.3) is 16.9 Å². The molecule has 2 aromatic carbocycles. The van der Waals surface area contributed by atoms with Gasteiger partial charge < -0.3 is 14.8 Å². The summed E-state index contributed by atoms with van der Waals surface area (Å²) in [5.41, 5.74) is 1.65. The molecule has 3 N–H and O–H groups in total. The van der Waals surface area contributed by atoms with E-state index in [4.69, 9.17) is 14.6 Å². The van der Waals surface area contributed by atoms with E-state index in [1.54, 1.807) is 18.2 Å². The van der Waals surface area contributed by atoms with Gasteiger partial charge in [-0.3, -0.25) is 0 Å². The third-order valence-corrected chi connectivity index (χ3v) is 5.49. The lowest BCUT2D eigenvalue weighted by atomic mass is 10.1. The van der Waals surface area contributed by atoms with Crippen LogP contribution in [0.4, 0.5) is 11.6 Å². The smallest absolute Gasteiger partial charge is 0.238 e. The molecular weight excluding hydrogens is 436 g/mol. The molecule has 12 nitrogen and oxygen atoms in total. The van der Waals surface area contributed by atoms with E-state index in [1.807, 2.05) is 0 Å². The van der Waals surface area contributed by atoms with E-state index in [-0.39, 0.29) is 27.7 Å². The number of tetrazole rings is 1. The fourth-order valence-electron chi connectivity index (χ4n) is 3.04. The second-order valence-corrected chi connectivity index (χ2v) is 8.01. The maximum atomic E-state index is 11.5. The van der Waals surface area contributed by atoms with Crippen molar-refractivity contribution in [3.05, 3.63) is 48.0 Å². The molecule has 0 fully saturated rings. The van der Waals surface area contributed by atoms with Gasteiger partial charge in [0.1, 0.15) is 11.6 Å². The first-order valence-corrected chi connectivity index (χ1v) is 10.5. The maximum absolute atomic E-state index is 11.5. The fraction of sp³-hybridized carbons (Fsp3) is 0.105. The predicted molar refractivity (Wildman–Crippen MR) is 113 cm³/mol. The molecule has 162 valence electrons. The van der Waals surface area contributed by atoms with E-state index in [0.717, 1.165) is 0 Å². The van der Waals surface area contributed by atoms with Gasteiger partial charge in [0.15, 0.2) is 11.5 Å². The lowest BCUT2D eigenvalue weighted by Crippen LogP contribution is -2.12. The molecule has 2 aromatic heterocycles. The molecule has 13 heteroatoms. The van der Waals surface area contributed by atoms with Crippen molar-refractivity contribution in [2.24, 2.45) is 5.14 Å². The van der Waals surface area contributed by atoms with Gasteiger partial charge in [-0.05, 0) is 34.7 Å². The van der Waals surface area contributed by atoms with Gasteiger partial charge in [-0.25, -0.2) is 18.5 Å². The number of rotatable bonds is 6. The average molecular weight is 452 g/mol. The van der Waals surface area contributed by atoms with Gasteiger partial charge in [-0.1, -0.05) is 12.1 Å². The Labute approximate surface area is 182 Å². The summed E-state index contributed by atoms with van der Waals surface area (Å²) in [7, 11) is -0.810. The monoisotopic (exact) mass is 452 g/mol. The first kappa shape index (κ1) is 21.0. The van der Waals surface area contributed by atoms with E-state index < -0.39 is 10.0 Å². The molecule has 0 saturated carbocycles. The van der Waals surface area contributed by atoms with E-state index in [9.17, 15) is 13.7 Å². The number of ether oxygens (including phenoxy) is 2. The quantitative estimate of drug-likeness (QED) is 0.436. The predicted octanol–water partition coefficient (Wildman–Crippen LogP) is 1.47. The third kappa shape index (κ3) is 3.75. The summed E-state index contributed by atoms with van der Waals surface area (Å²) < 4.78 is 35.0. The molecule has 2 heterocycles. The van der Waals surface area contributed by atoms with Crippen LogP contribution in [0, 0.1) is 11.3 Å². The lowest BCUT2D eigenvalue weighted by molar-refractivity contribution is 0.355. The zero-order valence-electron chi connectivity index (χ0n) is 16.8. The maximum Gasteiger partial charge on any atom is 0.238 e. The van der Waals surface area contributed by atoms with Gasteiger partial charge in [-0.15, -0.1) is 5.10 Å². The van der Waals surface area contributed by atoms with Crippen molar-refractivity contribution in [3.63, 3.8) is 0 Å². The van der Waals surface area contributed by atoms with Crippen molar-refractivity contribution >= 4 is 27.3 Å². The van der Waals surface area contributed by atoms with Crippen molar-refractivity contribution in [1.29, 1.82) is 5.26 Å². The zero-order chi connectivity index (χ0) is 22.9. The van der Waals surface area contributed by atoms with Crippen molar-refractivity contribution in [2.45, 2.75) is 4.90 Å². The number of benzene rings is 2. The largest absolute Gasteiger partial charge is 0.493 e. The number of primary sulfonamides is 1. The van der Waals surface area contributed by atoms with E-state index >= 15 is 0 Å². The van der Waals surface area contributed by atoms with Gasteiger partial charge >= 0.3 is 0 Å². The molecule has 0 atom stereocenters. The number of nitrogens with two attached hydrogens (primary N) is 1. The number of methoxy groups -OCH3 is 2. The Balaban J connectivity index is 1.85. The molecule has 0 radical (unpaired) electrons. The Morgan fingerprint density at radius 3 is 2.44 bits per heavy atom. The van der Waals surface area contributed by atoms with Gasteiger partial charge in [-0.2, -0.15) is 9.78 Å². The van der Waals surface area contributed by atoms with Crippen LogP contribution in [0.2, 0.25) is 0 Å². The molecule has 0 bridgehead atoms. The molecule has 0 amide bonds. The topological polar surface area (TPSA) is 170 Å². The number of hydrogen-bond acceptors (Lipinski definition) is 10. The van der Waals surface area contributed by atoms with E-state index in [2.05, 4.69) is 31.9 Å². The molecule has 4 rings (SSSR count). The number of nitriles is 1. The molecule has 32 heavy (non-hydrogen) atoms. The Hall–Kier alpha value is -4.28. The summed E-state index contributed by atoms with van der Waals surface area (Å²) in [6, 6.07) is 12.9. The van der Waals surface area contributed by atoms with Gasteiger partial charge in [0.2, 0.25) is 21.6 Å². The second-order valence-electron chi connectivity index (χ2n) is 6.45. The Morgan fingerprint density at radius 1 is 1.09 bits per heavy atom. The van der Waals surface area contributed by atoms with Crippen molar-refractivity contribution in [3.8, 4) is 28.8 Å². The second kappa shape index (κ2) is 8.10. The van der Waals surface area contributed by atoms with Gasteiger partial charge in [0, 0.05) is 17.3 Å². The molecule has 0 spiro atoms. The zero-order valence-corrected chi connectivity index (χ0v) is 17.7. The van der Waals surface area contributed by atoms with E-state index in [0.29, 0.717) is 22.7 Å². The molecule has 0 aliphatic carbocycles. The van der Waals surface area contributed by atoms with E-state index in [1.165, 1.54) is 43.0 Å². The standard InChI is InChI=1S/C19H16N8O4S/c1-30-15-8-5-12(9-16(15)31-2)22-19-23-17(14(10-20)18-24-25-26-27(18)19)11-3-6-13(7-4-11)32(21,28)29/h3-9H,1-2H3,(H,22,23)(H2,21,28,29). The summed E-state index contributed by atoms with van der Waals surface area (Å²) in [4.78, 5) is 4.47. The van der Waals surface area contributed by atoms with Gasteiger partial charge in [0.05, 0.1) is 24.8 Å². The van der Waals surface area contributed by atoms with Crippen molar-refractivity contribution in [2.75, 3.05) is 19.5 Å². The Bertz CT molecular complexity index is 1460.